The zero-order chi connectivity index (χ0) is 23.4. The quantitative estimate of drug-likeness (QED) is 0.272. The summed E-state index contributed by atoms with van der Waals surface area (Å²) in [4.78, 5) is 46.7. The molecule has 0 aliphatic carbocycles. The van der Waals surface area contributed by atoms with Gasteiger partial charge in [0.25, 0.3) is 0 Å². The van der Waals surface area contributed by atoms with E-state index in [1.165, 1.54) is 22.7 Å². The van der Waals surface area contributed by atoms with E-state index in [1.54, 1.807) is 38.1 Å². The summed E-state index contributed by atoms with van der Waals surface area (Å²) in [6.07, 6.45) is 0.375. The van der Waals surface area contributed by atoms with E-state index in [2.05, 4.69) is 31.9 Å². The first-order valence-electron chi connectivity index (χ1n) is 9.27. The summed E-state index contributed by atoms with van der Waals surface area (Å²) >= 11 is 8.99. The molecule has 0 radical (unpaired) electrons. The van der Waals surface area contributed by atoms with Crippen LogP contribution in [0.25, 0.3) is 0 Å². The van der Waals surface area contributed by atoms with Crippen LogP contribution >= 0.6 is 54.5 Å². The normalized spacial score (nSPS) is 11.1. The van der Waals surface area contributed by atoms with Gasteiger partial charge < -0.3 is 14.6 Å². The van der Waals surface area contributed by atoms with Crippen LogP contribution in [0.4, 0.5) is 0 Å². The highest BCUT2D eigenvalue weighted by Gasteiger charge is 2.25. The molecule has 2 aromatic heterocycles. The average Bonchev–Trinajstić information content (AvgIpc) is 3.34. The maximum atomic E-state index is 12.2. The lowest BCUT2D eigenvalue weighted by molar-refractivity contribution is -0.149. The number of esters is 2. The molecule has 2 aromatic rings. The fraction of sp³-hybridized carbons (Fsp3) is 0.400. The van der Waals surface area contributed by atoms with Crippen LogP contribution in [0, 0.1) is 5.92 Å². The molecule has 0 bridgehead atoms. The van der Waals surface area contributed by atoms with Gasteiger partial charge >= 0.3 is 17.9 Å². The number of carbonyl (C=O) groups is 4. The molecular weight excluding hydrogens is 576 g/mol. The van der Waals surface area contributed by atoms with Gasteiger partial charge in [0.05, 0.1) is 31.6 Å². The fourth-order valence-electron chi connectivity index (χ4n) is 2.31. The van der Waals surface area contributed by atoms with E-state index in [0.717, 1.165) is 7.57 Å². The van der Waals surface area contributed by atoms with Crippen molar-refractivity contribution in [2.75, 3.05) is 13.2 Å². The van der Waals surface area contributed by atoms with E-state index in [0.29, 0.717) is 16.4 Å². The molecule has 2 heterocycles. The minimum absolute atomic E-state index is 0.0329. The third-order valence-corrected chi connectivity index (χ3v) is 6.96. The number of rotatable bonds is 10. The van der Waals surface area contributed by atoms with Crippen molar-refractivity contribution in [3.63, 3.8) is 0 Å². The Morgan fingerprint density at radius 3 is 1.90 bits per heavy atom. The van der Waals surface area contributed by atoms with Gasteiger partial charge in [0.15, 0.2) is 5.78 Å². The number of ketones is 1. The lowest BCUT2D eigenvalue weighted by atomic mass is 9.96. The summed E-state index contributed by atoms with van der Waals surface area (Å²) in [5.74, 6) is -2.44. The van der Waals surface area contributed by atoms with Crippen molar-refractivity contribution < 1.29 is 33.8 Å². The molecule has 31 heavy (non-hydrogen) atoms. The van der Waals surface area contributed by atoms with E-state index in [9.17, 15) is 19.2 Å². The van der Waals surface area contributed by atoms with Crippen molar-refractivity contribution in [3.05, 3.63) is 41.6 Å². The number of carboxylic acids is 1. The molecule has 0 saturated heterocycles. The Kier molecular flexibility index (Phi) is 12.8. The van der Waals surface area contributed by atoms with E-state index in [4.69, 9.17) is 14.6 Å². The van der Waals surface area contributed by atoms with Gasteiger partial charge in [-0.05, 0) is 76.4 Å². The van der Waals surface area contributed by atoms with Gasteiger partial charge in [-0.25, -0.2) is 4.79 Å². The van der Waals surface area contributed by atoms with Crippen LogP contribution in [0.1, 0.15) is 52.5 Å². The minimum Gasteiger partial charge on any atom is -0.477 e. The Morgan fingerprint density at radius 1 is 0.935 bits per heavy atom. The van der Waals surface area contributed by atoms with Crippen LogP contribution in [-0.4, -0.2) is 42.0 Å². The average molecular weight is 598 g/mol. The van der Waals surface area contributed by atoms with Crippen LogP contribution in [0.5, 0.6) is 0 Å². The number of hydrogen-bond acceptors (Lipinski definition) is 8. The summed E-state index contributed by atoms with van der Waals surface area (Å²) in [5, 5.41) is 8.39. The molecule has 7 nitrogen and oxygen atoms in total. The SMILES string of the molecule is CCOC(=O)CC[C@H](CC(=O)c1ccc(Br)s1)C(=O)OCC.O=C(O)c1ccc(Br)s1. The van der Waals surface area contributed by atoms with Gasteiger partial charge in [-0.2, -0.15) is 0 Å². The number of ether oxygens (including phenoxy) is 2. The number of halogens is 2. The van der Waals surface area contributed by atoms with Gasteiger partial charge in [-0.15, -0.1) is 22.7 Å². The van der Waals surface area contributed by atoms with Crippen molar-refractivity contribution >= 4 is 78.2 Å². The number of thiophene rings is 2. The summed E-state index contributed by atoms with van der Waals surface area (Å²) < 4.78 is 11.5. The van der Waals surface area contributed by atoms with E-state index < -0.39 is 17.9 Å². The van der Waals surface area contributed by atoms with Gasteiger partial charge in [0.1, 0.15) is 4.88 Å². The van der Waals surface area contributed by atoms with Crippen LogP contribution in [0.15, 0.2) is 31.8 Å². The zero-order valence-corrected chi connectivity index (χ0v) is 21.7. The Bertz CT molecular complexity index is 892. The first kappa shape index (κ1) is 27.5. The molecule has 0 spiro atoms. The number of carbonyl (C=O) groups excluding carboxylic acids is 3. The third-order valence-electron chi connectivity index (χ3n) is 3.69. The molecule has 0 fully saturated rings. The number of hydrogen-bond donors (Lipinski definition) is 1. The Labute approximate surface area is 205 Å². The van der Waals surface area contributed by atoms with Crippen molar-refractivity contribution in [1.82, 2.24) is 0 Å². The highest BCUT2D eigenvalue weighted by molar-refractivity contribution is 9.11. The predicted octanol–water partition coefficient (Wildman–Crippen LogP) is 5.81. The molecule has 170 valence electrons. The predicted molar refractivity (Wildman–Crippen MR) is 126 cm³/mol. The summed E-state index contributed by atoms with van der Waals surface area (Å²) in [6, 6.07) is 6.78. The first-order valence-corrected chi connectivity index (χ1v) is 12.5. The van der Waals surface area contributed by atoms with Gasteiger partial charge in [-0.1, -0.05) is 0 Å². The second-order valence-corrected chi connectivity index (χ2v) is 10.9. The number of carboxylic acid groups (broad SMARTS) is 1. The molecule has 0 aliphatic heterocycles. The van der Waals surface area contributed by atoms with E-state index in [-0.39, 0.29) is 37.6 Å². The third kappa shape index (κ3) is 10.5. The van der Waals surface area contributed by atoms with Gasteiger partial charge in [-0.3, -0.25) is 14.4 Å². The molecular formula is C20H22Br2O7S2. The largest absolute Gasteiger partial charge is 0.477 e. The highest BCUT2D eigenvalue weighted by Crippen LogP contribution is 2.26. The van der Waals surface area contributed by atoms with Gasteiger partial charge in [0.2, 0.25) is 0 Å². The topological polar surface area (TPSA) is 107 Å². The summed E-state index contributed by atoms with van der Waals surface area (Å²) in [6.45, 7) is 3.97. The molecule has 1 atom stereocenters. The van der Waals surface area contributed by atoms with Crippen LogP contribution in [0.3, 0.4) is 0 Å². The molecule has 11 heteroatoms. The lowest BCUT2D eigenvalue weighted by Gasteiger charge is -2.14. The molecule has 0 aromatic carbocycles. The summed E-state index contributed by atoms with van der Waals surface area (Å²) in [5.41, 5.74) is 0. The molecule has 0 amide bonds. The second kappa shape index (κ2) is 14.5. The molecule has 1 N–H and O–H groups in total. The number of Topliss-reactive ketones (excluding diaryl/α,β-unsaturated/α-hetero) is 1. The Hall–Kier alpha value is -1.56. The highest BCUT2D eigenvalue weighted by atomic mass is 79.9. The number of aromatic carboxylic acids is 1. The maximum absolute atomic E-state index is 12.2. The first-order chi connectivity index (χ1) is 14.7. The standard InChI is InChI=1S/C15H19BrO5S.C5H3BrO2S/c1-3-20-14(18)8-5-10(15(19)21-4-2)9-11(17)12-6-7-13(16)22-12;6-4-2-1-3(9-4)5(7)8/h6-7,10H,3-5,8-9H2,1-2H3;1-2H,(H,7,8)/t10-;/m1./s1. The molecule has 0 aliphatic rings. The van der Waals surface area contributed by atoms with Crippen LogP contribution in [-0.2, 0) is 19.1 Å². The maximum Gasteiger partial charge on any atom is 0.345 e. The van der Waals surface area contributed by atoms with Crippen molar-refractivity contribution in [3.8, 4) is 0 Å². The molecule has 0 unspecified atom stereocenters. The minimum atomic E-state index is -0.870. The zero-order valence-electron chi connectivity index (χ0n) is 16.9. The lowest BCUT2D eigenvalue weighted by Crippen LogP contribution is -2.22. The summed E-state index contributed by atoms with van der Waals surface area (Å²) in [7, 11) is 0. The van der Waals surface area contributed by atoms with E-state index in [1.807, 2.05) is 0 Å². The van der Waals surface area contributed by atoms with Crippen LogP contribution in [0.2, 0.25) is 0 Å². The van der Waals surface area contributed by atoms with Crippen molar-refractivity contribution in [1.29, 1.82) is 0 Å². The van der Waals surface area contributed by atoms with Crippen molar-refractivity contribution in [2.45, 2.75) is 33.1 Å². The smallest absolute Gasteiger partial charge is 0.345 e. The molecule has 0 saturated carbocycles. The van der Waals surface area contributed by atoms with Crippen LogP contribution < -0.4 is 0 Å². The second-order valence-electron chi connectivity index (χ2n) is 5.93. The van der Waals surface area contributed by atoms with E-state index >= 15 is 0 Å². The Morgan fingerprint density at radius 2 is 1.48 bits per heavy atom. The fourth-order valence-corrected chi connectivity index (χ4v) is 4.87. The van der Waals surface area contributed by atoms with Gasteiger partial charge in [0, 0.05) is 12.8 Å². The monoisotopic (exact) mass is 596 g/mol. The Balaban J connectivity index is 0.000000442. The molecule has 2 rings (SSSR count). The van der Waals surface area contributed by atoms with Crippen molar-refractivity contribution in [2.24, 2.45) is 5.92 Å².